The smallest absolute Gasteiger partial charge is 0.330 e. The molecule has 33 heavy (non-hydrogen) atoms. The van der Waals surface area contributed by atoms with Crippen LogP contribution in [0.2, 0.25) is 0 Å². The van der Waals surface area contributed by atoms with Gasteiger partial charge in [-0.25, -0.2) is 4.79 Å². The number of aromatic nitrogens is 2. The van der Waals surface area contributed by atoms with Crippen molar-refractivity contribution in [2.24, 2.45) is 5.92 Å². The summed E-state index contributed by atoms with van der Waals surface area (Å²) in [6.45, 7) is -0.0905. The Morgan fingerprint density at radius 1 is 1.09 bits per heavy atom. The first-order valence-corrected chi connectivity index (χ1v) is 10.8. The van der Waals surface area contributed by atoms with Gasteiger partial charge in [0.2, 0.25) is 11.4 Å². The van der Waals surface area contributed by atoms with Gasteiger partial charge >= 0.3 is 11.9 Å². The van der Waals surface area contributed by atoms with Gasteiger partial charge in [-0.05, 0) is 24.8 Å². The molecule has 2 aromatic rings. The maximum Gasteiger partial charge on any atom is 0.425 e. The minimum atomic E-state index is -5.32. The Morgan fingerprint density at radius 2 is 1.76 bits per heavy atom. The molecule has 11 heteroatoms. The van der Waals surface area contributed by atoms with Crippen LogP contribution in [0.25, 0.3) is 0 Å². The quantitative estimate of drug-likeness (QED) is 0.630. The first-order chi connectivity index (χ1) is 15.6. The molecular formula is C22H23F3N4O4. The standard InChI is InChI=1S/C22H23F3N4O4/c23-22(24,25)21(28-17(30)14-9-5-2-6-10-14)15-16(26-19(21)32)29(20(33)27-18(15)31)12-11-13-7-3-1-4-8-13/h1,3-4,7-8,14H,2,5-6,9-12H2,(H,26,32)(H,28,30)(H,27,31,33)/t21-/m0/s1. The summed E-state index contributed by atoms with van der Waals surface area (Å²) in [5.74, 6) is -3.78. The van der Waals surface area contributed by atoms with Crippen molar-refractivity contribution in [1.29, 1.82) is 0 Å². The van der Waals surface area contributed by atoms with Crippen LogP contribution in [0.1, 0.15) is 43.2 Å². The fourth-order valence-electron chi connectivity index (χ4n) is 4.58. The van der Waals surface area contributed by atoms with E-state index < -0.39 is 52.1 Å². The van der Waals surface area contributed by atoms with Crippen LogP contribution in [-0.2, 0) is 28.1 Å². The Bertz CT molecular complexity index is 1180. The molecule has 1 atom stereocenters. The minimum Gasteiger partial charge on any atom is -0.330 e. The molecule has 1 aliphatic carbocycles. The fraction of sp³-hybridized carbons (Fsp3) is 0.455. The number of benzene rings is 1. The molecule has 0 radical (unpaired) electrons. The van der Waals surface area contributed by atoms with Gasteiger partial charge in [-0.1, -0.05) is 49.6 Å². The number of nitrogens with zero attached hydrogens (tertiary/aromatic N) is 1. The highest BCUT2D eigenvalue weighted by Gasteiger charge is 2.68. The van der Waals surface area contributed by atoms with Gasteiger partial charge in [0, 0.05) is 12.5 Å². The molecule has 1 aromatic heterocycles. The lowest BCUT2D eigenvalue weighted by molar-refractivity contribution is -0.201. The fourth-order valence-corrected chi connectivity index (χ4v) is 4.58. The number of hydrogen-bond acceptors (Lipinski definition) is 4. The Morgan fingerprint density at radius 3 is 2.39 bits per heavy atom. The lowest BCUT2D eigenvalue weighted by Gasteiger charge is -2.32. The van der Waals surface area contributed by atoms with Crippen molar-refractivity contribution in [1.82, 2.24) is 14.9 Å². The van der Waals surface area contributed by atoms with Crippen LogP contribution in [0.5, 0.6) is 0 Å². The molecule has 0 saturated heterocycles. The number of nitrogens with one attached hydrogen (secondary N) is 3. The number of H-pyrrole nitrogens is 1. The van der Waals surface area contributed by atoms with E-state index in [1.807, 2.05) is 10.3 Å². The Kier molecular flexibility index (Phi) is 5.89. The van der Waals surface area contributed by atoms with Gasteiger partial charge in [0.25, 0.3) is 11.5 Å². The maximum atomic E-state index is 14.4. The van der Waals surface area contributed by atoms with Gasteiger partial charge in [-0.15, -0.1) is 0 Å². The number of aryl methyl sites for hydroxylation is 1. The number of anilines is 1. The van der Waals surface area contributed by atoms with Crippen LogP contribution in [0, 0.1) is 5.92 Å². The van der Waals surface area contributed by atoms with E-state index in [0.29, 0.717) is 25.7 Å². The molecule has 2 heterocycles. The van der Waals surface area contributed by atoms with Crippen LogP contribution < -0.4 is 21.9 Å². The number of alkyl halides is 3. The molecule has 0 unspecified atom stereocenters. The first-order valence-electron chi connectivity index (χ1n) is 10.8. The van der Waals surface area contributed by atoms with E-state index >= 15 is 0 Å². The summed E-state index contributed by atoms with van der Waals surface area (Å²) in [6, 6.07) is 8.89. The highest BCUT2D eigenvalue weighted by molar-refractivity contribution is 6.07. The lowest BCUT2D eigenvalue weighted by atomic mass is 9.86. The minimum absolute atomic E-state index is 0.0905. The van der Waals surface area contributed by atoms with E-state index in [0.717, 1.165) is 16.6 Å². The number of amides is 2. The second kappa shape index (κ2) is 8.53. The summed E-state index contributed by atoms with van der Waals surface area (Å²) < 4.78 is 44.2. The maximum absolute atomic E-state index is 14.4. The molecule has 2 aliphatic rings. The zero-order chi connectivity index (χ0) is 23.8. The largest absolute Gasteiger partial charge is 0.425 e. The summed E-state index contributed by atoms with van der Waals surface area (Å²) in [7, 11) is 0. The first kappa shape index (κ1) is 22.8. The zero-order valence-corrected chi connectivity index (χ0v) is 17.6. The number of rotatable bonds is 5. The number of carbonyl (C=O) groups excluding carboxylic acids is 2. The average molecular weight is 464 g/mol. The molecule has 0 spiro atoms. The molecule has 1 aliphatic heterocycles. The van der Waals surface area contributed by atoms with Gasteiger partial charge in [0.1, 0.15) is 11.4 Å². The Labute approximate surface area is 186 Å². The van der Waals surface area contributed by atoms with Crippen LogP contribution in [0.4, 0.5) is 19.0 Å². The molecule has 1 saturated carbocycles. The molecule has 0 bridgehead atoms. The molecule has 1 aromatic carbocycles. The van der Waals surface area contributed by atoms with E-state index in [1.54, 1.807) is 30.3 Å². The third-order valence-electron chi connectivity index (χ3n) is 6.33. The van der Waals surface area contributed by atoms with Crippen LogP contribution in [-0.4, -0.2) is 27.5 Å². The number of halogens is 3. The third-order valence-corrected chi connectivity index (χ3v) is 6.33. The van der Waals surface area contributed by atoms with Crippen molar-refractivity contribution in [3.8, 4) is 0 Å². The van der Waals surface area contributed by atoms with Crippen molar-refractivity contribution in [3.63, 3.8) is 0 Å². The van der Waals surface area contributed by atoms with Crippen molar-refractivity contribution in [2.75, 3.05) is 5.32 Å². The highest BCUT2D eigenvalue weighted by Crippen LogP contribution is 2.45. The van der Waals surface area contributed by atoms with Gasteiger partial charge in [-0.3, -0.25) is 23.9 Å². The Balaban J connectivity index is 1.78. The molecular weight excluding hydrogens is 441 g/mol. The topological polar surface area (TPSA) is 113 Å². The van der Waals surface area contributed by atoms with Gasteiger partial charge in [0.05, 0.1) is 0 Å². The lowest BCUT2D eigenvalue weighted by Crippen LogP contribution is -2.63. The second-order valence-electron chi connectivity index (χ2n) is 8.40. The molecule has 4 rings (SSSR count). The van der Waals surface area contributed by atoms with Crippen molar-refractivity contribution in [3.05, 3.63) is 62.3 Å². The van der Waals surface area contributed by atoms with Gasteiger partial charge in [-0.2, -0.15) is 13.2 Å². The second-order valence-corrected chi connectivity index (χ2v) is 8.40. The van der Waals surface area contributed by atoms with Crippen molar-refractivity contribution in [2.45, 2.75) is 56.8 Å². The summed E-state index contributed by atoms with van der Waals surface area (Å²) in [5, 5.41) is 3.92. The molecule has 2 amide bonds. The van der Waals surface area contributed by atoms with Crippen molar-refractivity contribution < 1.29 is 22.8 Å². The summed E-state index contributed by atoms with van der Waals surface area (Å²) in [6.07, 6.45) is -1.98. The molecule has 176 valence electrons. The van der Waals surface area contributed by atoms with E-state index in [1.165, 1.54) is 0 Å². The number of carbonyl (C=O) groups is 2. The average Bonchev–Trinajstić information content (AvgIpc) is 3.08. The van der Waals surface area contributed by atoms with Gasteiger partial charge < -0.3 is 10.6 Å². The van der Waals surface area contributed by atoms with E-state index in [9.17, 15) is 32.3 Å². The number of fused-ring (bicyclic) bond motifs is 1. The predicted molar refractivity (Wildman–Crippen MR) is 113 cm³/mol. The number of aromatic amines is 1. The summed E-state index contributed by atoms with van der Waals surface area (Å²) in [5.41, 5.74) is -6.11. The normalized spacial score (nSPS) is 20.9. The zero-order valence-electron chi connectivity index (χ0n) is 17.6. The monoisotopic (exact) mass is 464 g/mol. The molecule has 1 fully saturated rings. The van der Waals surface area contributed by atoms with Gasteiger partial charge in [0.15, 0.2) is 0 Å². The van der Waals surface area contributed by atoms with Crippen LogP contribution >= 0.6 is 0 Å². The van der Waals surface area contributed by atoms with Crippen LogP contribution in [0.15, 0.2) is 39.9 Å². The van der Waals surface area contributed by atoms with Crippen molar-refractivity contribution >= 4 is 17.6 Å². The van der Waals surface area contributed by atoms with Crippen LogP contribution in [0.3, 0.4) is 0 Å². The summed E-state index contributed by atoms with van der Waals surface area (Å²) in [4.78, 5) is 52.5. The van der Waals surface area contributed by atoms with E-state index in [2.05, 4.69) is 5.32 Å². The predicted octanol–water partition coefficient (Wildman–Crippen LogP) is 2.19. The SMILES string of the molecule is O=C(N[C@]1(C(F)(F)F)C(=O)Nc2c1c(=O)[nH]c(=O)n2CCc1ccccc1)C1CCCCC1. The Hall–Kier alpha value is -3.37. The molecule has 3 N–H and O–H groups in total. The molecule has 8 nitrogen and oxygen atoms in total. The number of hydrogen-bond donors (Lipinski definition) is 3. The third kappa shape index (κ3) is 3.96. The van der Waals surface area contributed by atoms with E-state index in [-0.39, 0.29) is 13.0 Å². The van der Waals surface area contributed by atoms with E-state index in [4.69, 9.17) is 0 Å². The summed E-state index contributed by atoms with van der Waals surface area (Å²) >= 11 is 0. The highest BCUT2D eigenvalue weighted by atomic mass is 19.4.